The molecule has 1 atom stereocenters. The Hall–Kier alpha value is -2.05. The third-order valence-corrected chi connectivity index (χ3v) is 3.36. The van der Waals surface area contributed by atoms with Gasteiger partial charge in [0.15, 0.2) is 0 Å². The molecular weight excluding hydrogens is 262 g/mol. The summed E-state index contributed by atoms with van der Waals surface area (Å²) in [7, 11) is 0. The number of aliphatic carboxylic acids is 1. The summed E-state index contributed by atoms with van der Waals surface area (Å²) in [5, 5.41) is 11.9. The second-order valence-corrected chi connectivity index (χ2v) is 4.92. The first-order chi connectivity index (χ1) is 9.58. The second-order valence-electron chi connectivity index (χ2n) is 4.92. The van der Waals surface area contributed by atoms with E-state index in [1.807, 2.05) is 0 Å². The lowest BCUT2D eigenvalue weighted by Gasteiger charge is -2.26. The van der Waals surface area contributed by atoms with Crippen molar-refractivity contribution in [1.82, 2.24) is 15.2 Å². The molecule has 1 unspecified atom stereocenters. The van der Waals surface area contributed by atoms with E-state index in [0.29, 0.717) is 24.6 Å². The lowest BCUT2D eigenvalue weighted by Crippen LogP contribution is -2.49. The number of rotatable bonds is 3. The van der Waals surface area contributed by atoms with Gasteiger partial charge in [-0.3, -0.25) is 0 Å². The van der Waals surface area contributed by atoms with E-state index in [2.05, 4.69) is 10.3 Å². The van der Waals surface area contributed by atoms with Crippen molar-refractivity contribution < 1.29 is 19.1 Å². The second kappa shape index (κ2) is 6.40. The minimum atomic E-state index is -0.950. The minimum absolute atomic E-state index is 0.162. The van der Waals surface area contributed by atoms with Crippen LogP contribution in [-0.4, -0.2) is 39.6 Å². The lowest BCUT2D eigenvalue weighted by molar-refractivity contribution is -0.142. The molecule has 1 aromatic heterocycles. The maximum absolute atomic E-state index is 12.1. The number of likely N-dealkylation sites (tertiary alicyclic amines) is 1. The van der Waals surface area contributed by atoms with Crippen molar-refractivity contribution in [1.29, 1.82) is 0 Å². The number of nitrogens with zero attached hydrogens (tertiary/aromatic N) is 2. The van der Waals surface area contributed by atoms with Gasteiger partial charge in [-0.1, -0.05) is 12.8 Å². The Morgan fingerprint density at radius 3 is 2.95 bits per heavy atom. The molecule has 2 rings (SSSR count). The number of hydrogen-bond acceptors (Lipinski definition) is 4. The number of carbonyl (C=O) groups is 2. The molecule has 1 fully saturated rings. The molecule has 0 saturated carbocycles. The first kappa shape index (κ1) is 14.4. The summed E-state index contributed by atoms with van der Waals surface area (Å²) in [5.74, 6) is 0.138. The molecule has 2 N–H and O–H groups in total. The predicted octanol–water partition coefficient (Wildman–Crippen LogP) is 1.52. The summed E-state index contributed by atoms with van der Waals surface area (Å²) in [6.07, 6.45) is 4.69. The molecule has 20 heavy (non-hydrogen) atoms. The van der Waals surface area contributed by atoms with Gasteiger partial charge in [0.25, 0.3) is 0 Å². The van der Waals surface area contributed by atoms with Gasteiger partial charge in [-0.25, -0.2) is 14.6 Å². The van der Waals surface area contributed by atoms with Crippen molar-refractivity contribution in [3.63, 3.8) is 0 Å². The van der Waals surface area contributed by atoms with E-state index in [9.17, 15) is 14.7 Å². The molecule has 1 saturated heterocycles. The normalized spacial score (nSPS) is 19.4. The van der Waals surface area contributed by atoms with Gasteiger partial charge in [-0.05, 0) is 19.8 Å². The molecule has 1 aromatic rings. The minimum Gasteiger partial charge on any atom is -0.480 e. The van der Waals surface area contributed by atoms with E-state index >= 15 is 0 Å². The van der Waals surface area contributed by atoms with Crippen LogP contribution >= 0.6 is 0 Å². The number of amides is 2. The molecule has 0 spiro atoms. The lowest BCUT2D eigenvalue weighted by atomic mass is 10.1. The van der Waals surface area contributed by atoms with Crippen LogP contribution in [0.3, 0.4) is 0 Å². The fourth-order valence-electron chi connectivity index (χ4n) is 2.34. The maximum Gasteiger partial charge on any atom is 0.326 e. The molecule has 0 aromatic carbocycles. The third-order valence-electron chi connectivity index (χ3n) is 3.36. The van der Waals surface area contributed by atoms with Crippen molar-refractivity contribution in [3.8, 4) is 0 Å². The zero-order chi connectivity index (χ0) is 14.5. The first-order valence-electron chi connectivity index (χ1n) is 6.76. The smallest absolute Gasteiger partial charge is 0.326 e. The SMILES string of the molecule is Cc1cnc(CNC(=O)N2CCCCCC2C(=O)O)o1. The average molecular weight is 281 g/mol. The molecule has 0 bridgehead atoms. The summed E-state index contributed by atoms with van der Waals surface area (Å²) in [4.78, 5) is 28.8. The van der Waals surface area contributed by atoms with Gasteiger partial charge < -0.3 is 19.7 Å². The van der Waals surface area contributed by atoms with Gasteiger partial charge in [0.1, 0.15) is 11.8 Å². The number of aryl methyl sites for hydroxylation is 1. The van der Waals surface area contributed by atoms with E-state index in [1.165, 1.54) is 4.90 Å². The van der Waals surface area contributed by atoms with Crippen molar-refractivity contribution in [2.75, 3.05) is 6.54 Å². The van der Waals surface area contributed by atoms with Crippen LogP contribution in [-0.2, 0) is 11.3 Å². The van der Waals surface area contributed by atoms with Crippen LogP contribution in [0.15, 0.2) is 10.6 Å². The number of aromatic nitrogens is 1. The van der Waals surface area contributed by atoms with Gasteiger partial charge >= 0.3 is 12.0 Å². The first-order valence-corrected chi connectivity index (χ1v) is 6.76. The van der Waals surface area contributed by atoms with Gasteiger partial charge in [-0.2, -0.15) is 0 Å². The predicted molar refractivity (Wildman–Crippen MR) is 70.1 cm³/mol. The summed E-state index contributed by atoms with van der Waals surface area (Å²) < 4.78 is 5.26. The number of nitrogens with one attached hydrogen (secondary N) is 1. The number of urea groups is 1. The van der Waals surface area contributed by atoms with Crippen LogP contribution in [0.2, 0.25) is 0 Å². The Morgan fingerprint density at radius 2 is 2.30 bits per heavy atom. The standard InChI is InChI=1S/C13H19N3O4/c1-9-7-14-11(20-9)8-15-13(19)16-6-4-2-3-5-10(16)12(17)18/h7,10H,2-6,8H2,1H3,(H,15,19)(H,17,18). The molecule has 1 aliphatic heterocycles. The average Bonchev–Trinajstić information content (AvgIpc) is 2.68. The summed E-state index contributed by atoms with van der Waals surface area (Å²) >= 11 is 0. The van der Waals surface area contributed by atoms with Crippen molar-refractivity contribution in [3.05, 3.63) is 17.8 Å². The number of oxazole rings is 1. The molecular formula is C13H19N3O4. The highest BCUT2D eigenvalue weighted by Gasteiger charge is 2.30. The fourth-order valence-corrected chi connectivity index (χ4v) is 2.34. The molecule has 2 heterocycles. The molecule has 1 aliphatic rings. The highest BCUT2D eigenvalue weighted by atomic mass is 16.4. The van der Waals surface area contributed by atoms with Crippen molar-refractivity contribution in [2.45, 2.75) is 45.2 Å². The number of carboxylic acid groups (broad SMARTS) is 1. The Bertz CT molecular complexity index is 486. The number of carbonyl (C=O) groups excluding carboxylic acids is 1. The Kier molecular flexibility index (Phi) is 4.60. The quantitative estimate of drug-likeness (QED) is 0.875. The zero-order valence-corrected chi connectivity index (χ0v) is 11.5. The molecule has 7 heteroatoms. The van der Waals surface area contributed by atoms with Crippen LogP contribution in [0, 0.1) is 6.92 Å². The molecule has 110 valence electrons. The monoisotopic (exact) mass is 281 g/mol. The van der Waals surface area contributed by atoms with E-state index in [0.717, 1.165) is 19.3 Å². The highest BCUT2D eigenvalue weighted by molar-refractivity contribution is 5.82. The number of hydrogen-bond donors (Lipinski definition) is 2. The maximum atomic E-state index is 12.1. The molecule has 2 amide bonds. The molecule has 0 aliphatic carbocycles. The topological polar surface area (TPSA) is 95.7 Å². The van der Waals surface area contributed by atoms with E-state index in [1.54, 1.807) is 13.1 Å². The molecule has 0 radical (unpaired) electrons. The Morgan fingerprint density at radius 1 is 1.50 bits per heavy atom. The van der Waals surface area contributed by atoms with Crippen LogP contribution in [0.5, 0.6) is 0 Å². The van der Waals surface area contributed by atoms with Crippen LogP contribution < -0.4 is 5.32 Å². The summed E-state index contributed by atoms with van der Waals surface area (Å²) in [5.41, 5.74) is 0. The summed E-state index contributed by atoms with van der Waals surface area (Å²) in [6, 6.07) is -1.13. The van der Waals surface area contributed by atoms with E-state index in [-0.39, 0.29) is 12.6 Å². The number of carboxylic acids is 1. The van der Waals surface area contributed by atoms with Gasteiger partial charge in [-0.15, -0.1) is 0 Å². The van der Waals surface area contributed by atoms with E-state index < -0.39 is 12.0 Å². The Labute approximate surface area is 117 Å². The third kappa shape index (κ3) is 3.49. The zero-order valence-electron chi connectivity index (χ0n) is 11.5. The van der Waals surface area contributed by atoms with E-state index in [4.69, 9.17) is 4.42 Å². The highest BCUT2D eigenvalue weighted by Crippen LogP contribution is 2.17. The van der Waals surface area contributed by atoms with Crippen LogP contribution in [0.25, 0.3) is 0 Å². The van der Waals surface area contributed by atoms with Gasteiger partial charge in [0.2, 0.25) is 5.89 Å². The van der Waals surface area contributed by atoms with Crippen LogP contribution in [0.4, 0.5) is 4.79 Å². The van der Waals surface area contributed by atoms with Crippen molar-refractivity contribution in [2.24, 2.45) is 0 Å². The van der Waals surface area contributed by atoms with Crippen molar-refractivity contribution >= 4 is 12.0 Å². The largest absolute Gasteiger partial charge is 0.480 e. The molecule has 7 nitrogen and oxygen atoms in total. The fraction of sp³-hybridized carbons (Fsp3) is 0.615. The Balaban J connectivity index is 1.96. The van der Waals surface area contributed by atoms with Gasteiger partial charge in [0, 0.05) is 6.54 Å². The van der Waals surface area contributed by atoms with Gasteiger partial charge in [0.05, 0.1) is 12.7 Å². The summed E-state index contributed by atoms with van der Waals surface area (Å²) in [6.45, 7) is 2.40. The van der Waals surface area contributed by atoms with Crippen LogP contribution in [0.1, 0.15) is 37.3 Å².